The first-order chi connectivity index (χ1) is 11.1. The normalized spacial score (nSPS) is 22.3. The van der Waals surface area contributed by atoms with Crippen LogP contribution < -0.4 is 0 Å². The molecule has 0 N–H and O–H groups in total. The highest BCUT2D eigenvalue weighted by Crippen LogP contribution is 2.35. The average Bonchev–Trinajstić information content (AvgIpc) is 2.48. The van der Waals surface area contributed by atoms with Crippen LogP contribution in [0.1, 0.15) is 19.3 Å². The molecule has 6 nitrogen and oxygen atoms in total. The van der Waals surface area contributed by atoms with Crippen molar-refractivity contribution >= 4 is 10.1 Å². The first-order valence-corrected chi connectivity index (χ1v) is 8.54. The maximum atomic E-state index is 14.4. The Balaban J connectivity index is 2.36. The Morgan fingerprint density at radius 1 is 1.17 bits per heavy atom. The van der Waals surface area contributed by atoms with Gasteiger partial charge in [0.15, 0.2) is 0 Å². The molecule has 0 aromatic carbocycles. The summed E-state index contributed by atoms with van der Waals surface area (Å²) in [5, 5.41) is 0. The van der Waals surface area contributed by atoms with E-state index in [1.165, 1.54) is 7.11 Å². The monoisotopic (exact) mass is 380 g/mol. The van der Waals surface area contributed by atoms with Gasteiger partial charge in [-0.05, 0) is 12.5 Å². The Morgan fingerprint density at radius 2 is 1.79 bits per heavy atom. The number of hydrogen-bond donors (Lipinski definition) is 0. The molecule has 11 heteroatoms. The lowest BCUT2D eigenvalue weighted by atomic mass is 9.91. The minimum Gasteiger partial charge on any atom is -0.382 e. The van der Waals surface area contributed by atoms with Crippen LogP contribution in [0.3, 0.4) is 0 Å². The van der Waals surface area contributed by atoms with Gasteiger partial charge >= 0.3 is 15.6 Å². The Morgan fingerprint density at radius 3 is 2.33 bits per heavy atom. The lowest BCUT2D eigenvalue weighted by Gasteiger charge is -2.28. The third kappa shape index (κ3) is 6.91. The van der Waals surface area contributed by atoms with Crippen LogP contribution in [0.2, 0.25) is 0 Å². The molecule has 0 radical (unpaired) electrons. The fraction of sp³-hybridized carbons (Fsp3) is 0.846. The van der Waals surface area contributed by atoms with Crippen LogP contribution in [-0.4, -0.2) is 59.7 Å². The molecule has 0 aliphatic heterocycles. The van der Waals surface area contributed by atoms with E-state index in [2.05, 4.69) is 4.18 Å². The molecule has 0 saturated carbocycles. The zero-order valence-corrected chi connectivity index (χ0v) is 13.9. The van der Waals surface area contributed by atoms with E-state index in [-0.39, 0.29) is 39.1 Å². The molecule has 1 aliphatic rings. The van der Waals surface area contributed by atoms with Crippen LogP contribution in [0.4, 0.5) is 17.6 Å². The quantitative estimate of drug-likeness (QED) is 0.251. The van der Waals surface area contributed by atoms with Crippen LogP contribution in [0.25, 0.3) is 0 Å². The Bertz CT molecular complexity index is 519. The van der Waals surface area contributed by atoms with Gasteiger partial charge in [-0.3, -0.25) is 0 Å². The van der Waals surface area contributed by atoms with Crippen molar-refractivity contribution in [3.8, 4) is 0 Å². The highest BCUT2D eigenvalue weighted by molar-refractivity contribution is 7.87. The number of allylic oxidation sites excluding steroid dienone is 2. The Labute approximate surface area is 137 Å². The molecule has 0 saturated heterocycles. The number of alkyl halides is 4. The molecule has 0 heterocycles. The molecule has 0 fully saturated rings. The van der Waals surface area contributed by atoms with Crippen molar-refractivity contribution in [3.05, 3.63) is 11.8 Å². The zero-order valence-electron chi connectivity index (χ0n) is 13.1. The first-order valence-electron chi connectivity index (χ1n) is 7.13. The van der Waals surface area contributed by atoms with E-state index in [4.69, 9.17) is 14.2 Å². The van der Waals surface area contributed by atoms with Crippen molar-refractivity contribution in [2.75, 3.05) is 40.1 Å². The second-order valence-corrected chi connectivity index (χ2v) is 6.70. The van der Waals surface area contributed by atoms with Crippen molar-refractivity contribution in [3.63, 3.8) is 0 Å². The minimum atomic E-state index is -5.72. The second-order valence-electron chi connectivity index (χ2n) is 5.17. The lowest BCUT2D eigenvalue weighted by molar-refractivity contribution is -0.0530. The van der Waals surface area contributed by atoms with Gasteiger partial charge in [-0.1, -0.05) is 0 Å². The van der Waals surface area contributed by atoms with Gasteiger partial charge in [-0.2, -0.15) is 21.6 Å². The predicted octanol–water partition coefficient (Wildman–Crippen LogP) is 2.31. The molecular weight excluding hydrogens is 360 g/mol. The van der Waals surface area contributed by atoms with E-state index in [1.807, 2.05) is 0 Å². The molecule has 1 atom stereocenters. The summed E-state index contributed by atoms with van der Waals surface area (Å²) in [6, 6.07) is 0. The molecule has 0 bridgehead atoms. The fourth-order valence-electron chi connectivity index (χ4n) is 1.86. The minimum absolute atomic E-state index is 0.158. The van der Waals surface area contributed by atoms with Crippen molar-refractivity contribution in [2.45, 2.75) is 30.4 Å². The van der Waals surface area contributed by atoms with Gasteiger partial charge < -0.3 is 18.4 Å². The van der Waals surface area contributed by atoms with Crippen LogP contribution >= 0.6 is 0 Å². The maximum absolute atomic E-state index is 14.4. The molecule has 1 aliphatic carbocycles. The first kappa shape index (κ1) is 21.1. The van der Waals surface area contributed by atoms with Gasteiger partial charge in [0.1, 0.15) is 11.4 Å². The fourth-order valence-corrected chi connectivity index (χ4v) is 2.39. The number of methoxy groups -OCH3 is 1. The standard InChI is InChI=1S/C13H20F4O6S/c1-20-6-7-21-8-9-22-10-12(14)4-2-11(3-5-12)23-24(18,19)13(15,16)17/h2H,3-10H2,1H3/t12-/m1/s1. The highest BCUT2D eigenvalue weighted by Gasteiger charge is 2.49. The van der Waals surface area contributed by atoms with Crippen molar-refractivity contribution < 1.29 is 44.4 Å². The molecule has 0 spiro atoms. The van der Waals surface area contributed by atoms with E-state index in [1.54, 1.807) is 0 Å². The van der Waals surface area contributed by atoms with Gasteiger partial charge in [-0.15, -0.1) is 0 Å². The van der Waals surface area contributed by atoms with Crippen molar-refractivity contribution in [1.29, 1.82) is 0 Å². The molecule has 1 rings (SSSR count). The molecule has 0 aromatic heterocycles. The topological polar surface area (TPSA) is 71.1 Å². The van der Waals surface area contributed by atoms with Crippen molar-refractivity contribution in [1.82, 2.24) is 0 Å². The number of ether oxygens (including phenoxy) is 3. The summed E-state index contributed by atoms with van der Waals surface area (Å²) in [6.07, 6.45) is 0.252. The van der Waals surface area contributed by atoms with Gasteiger partial charge in [0, 0.05) is 20.0 Å². The van der Waals surface area contributed by atoms with Crippen LogP contribution in [-0.2, 0) is 28.5 Å². The summed E-state index contributed by atoms with van der Waals surface area (Å²) < 4.78 is 91.8. The second kappa shape index (κ2) is 8.97. The predicted molar refractivity (Wildman–Crippen MR) is 75.3 cm³/mol. The summed E-state index contributed by atoms with van der Waals surface area (Å²) >= 11 is 0. The summed E-state index contributed by atoms with van der Waals surface area (Å²) in [5.41, 5.74) is -7.29. The number of halogens is 4. The van der Waals surface area contributed by atoms with Crippen LogP contribution in [0, 0.1) is 0 Å². The SMILES string of the molecule is COCCOCCOC[C@@]1(F)CC=C(OS(=O)(=O)C(F)(F)F)CC1. The van der Waals surface area contributed by atoms with Gasteiger partial charge in [0.25, 0.3) is 0 Å². The summed E-state index contributed by atoms with van der Waals surface area (Å²) in [5.74, 6) is -0.413. The van der Waals surface area contributed by atoms with Gasteiger partial charge in [0.2, 0.25) is 0 Å². The molecule has 0 unspecified atom stereocenters. The maximum Gasteiger partial charge on any atom is 0.534 e. The van der Waals surface area contributed by atoms with E-state index < -0.39 is 27.1 Å². The summed E-state index contributed by atoms with van der Waals surface area (Å²) in [7, 11) is -4.19. The van der Waals surface area contributed by atoms with Gasteiger partial charge in [0.05, 0.1) is 33.0 Å². The summed E-state index contributed by atoms with van der Waals surface area (Å²) in [4.78, 5) is 0. The van der Waals surface area contributed by atoms with Gasteiger partial charge in [-0.25, -0.2) is 4.39 Å². The molecule has 24 heavy (non-hydrogen) atoms. The van der Waals surface area contributed by atoms with Crippen LogP contribution in [0.5, 0.6) is 0 Å². The largest absolute Gasteiger partial charge is 0.534 e. The van der Waals surface area contributed by atoms with Crippen molar-refractivity contribution in [2.24, 2.45) is 0 Å². The number of hydrogen-bond acceptors (Lipinski definition) is 6. The van der Waals surface area contributed by atoms with E-state index in [0.717, 1.165) is 6.08 Å². The average molecular weight is 380 g/mol. The highest BCUT2D eigenvalue weighted by atomic mass is 32.2. The lowest BCUT2D eigenvalue weighted by Crippen LogP contribution is -2.33. The smallest absolute Gasteiger partial charge is 0.382 e. The molecule has 0 aromatic rings. The third-order valence-electron chi connectivity index (χ3n) is 3.18. The summed E-state index contributed by atoms with van der Waals surface area (Å²) in [6.45, 7) is 0.966. The molecular formula is C13H20F4O6S. The number of rotatable bonds is 10. The third-order valence-corrected chi connectivity index (χ3v) is 4.18. The van der Waals surface area contributed by atoms with Crippen LogP contribution in [0.15, 0.2) is 11.8 Å². The van der Waals surface area contributed by atoms with E-state index in [9.17, 15) is 26.0 Å². The van der Waals surface area contributed by atoms with E-state index in [0.29, 0.717) is 13.2 Å². The Hall–Kier alpha value is -0.910. The van der Waals surface area contributed by atoms with E-state index >= 15 is 0 Å². The molecule has 142 valence electrons. The zero-order chi connectivity index (χ0) is 18.3. The molecule has 0 amide bonds. The Kier molecular flexibility index (Phi) is 7.90.